The molecule has 0 aliphatic heterocycles. The summed E-state index contributed by atoms with van der Waals surface area (Å²) in [6.07, 6.45) is -0.803. The van der Waals surface area contributed by atoms with Gasteiger partial charge in [-0.15, -0.1) is 0 Å². The van der Waals surface area contributed by atoms with Crippen molar-refractivity contribution in [2.24, 2.45) is 0 Å². The van der Waals surface area contributed by atoms with Crippen molar-refractivity contribution >= 4 is 22.8 Å². The van der Waals surface area contributed by atoms with Gasteiger partial charge in [-0.05, 0) is 24.3 Å². The van der Waals surface area contributed by atoms with E-state index in [4.69, 9.17) is 9.84 Å². The SMILES string of the molecule is OC[C@H](O)Cn1c(SCCOc2ccccc2)nc2ccccc21. The van der Waals surface area contributed by atoms with Crippen molar-refractivity contribution < 1.29 is 14.9 Å². The molecule has 3 rings (SSSR count). The van der Waals surface area contributed by atoms with E-state index < -0.39 is 6.10 Å². The molecule has 3 aromatic rings. The van der Waals surface area contributed by atoms with E-state index in [-0.39, 0.29) is 6.61 Å². The predicted octanol–water partition coefficient (Wildman–Crippen LogP) is 2.56. The highest BCUT2D eigenvalue weighted by Crippen LogP contribution is 2.24. The van der Waals surface area contributed by atoms with Gasteiger partial charge < -0.3 is 19.5 Å². The molecule has 0 spiro atoms. The van der Waals surface area contributed by atoms with Crippen LogP contribution in [0.1, 0.15) is 0 Å². The summed E-state index contributed by atoms with van der Waals surface area (Å²) in [5, 5.41) is 19.7. The van der Waals surface area contributed by atoms with Gasteiger partial charge in [0, 0.05) is 5.75 Å². The highest BCUT2D eigenvalue weighted by molar-refractivity contribution is 7.99. The number of aliphatic hydroxyl groups is 2. The molecule has 2 aromatic carbocycles. The molecule has 0 amide bonds. The molecule has 0 bridgehead atoms. The zero-order valence-corrected chi connectivity index (χ0v) is 14.0. The first-order valence-electron chi connectivity index (χ1n) is 7.83. The van der Waals surface area contributed by atoms with Crippen LogP contribution in [-0.4, -0.2) is 44.8 Å². The summed E-state index contributed by atoms with van der Waals surface area (Å²) < 4.78 is 7.64. The number of benzene rings is 2. The fourth-order valence-corrected chi connectivity index (χ4v) is 3.26. The molecule has 0 aliphatic rings. The number of thioether (sulfide) groups is 1. The lowest BCUT2D eigenvalue weighted by molar-refractivity contribution is 0.0802. The molecular formula is C18H20N2O3S. The number of aliphatic hydroxyl groups excluding tert-OH is 2. The quantitative estimate of drug-likeness (QED) is 0.486. The molecule has 6 heteroatoms. The lowest BCUT2D eigenvalue weighted by Gasteiger charge is -2.12. The van der Waals surface area contributed by atoms with Gasteiger partial charge in [0.15, 0.2) is 5.16 Å². The predicted molar refractivity (Wildman–Crippen MR) is 95.5 cm³/mol. The molecule has 0 radical (unpaired) electrons. The first-order chi connectivity index (χ1) is 11.8. The fraction of sp³-hybridized carbons (Fsp3) is 0.278. The van der Waals surface area contributed by atoms with Crippen LogP contribution in [-0.2, 0) is 6.54 Å². The summed E-state index contributed by atoms with van der Waals surface area (Å²) in [5.74, 6) is 1.59. The number of imidazole rings is 1. The third-order valence-corrected chi connectivity index (χ3v) is 4.49. The van der Waals surface area contributed by atoms with Crippen LogP contribution in [0.15, 0.2) is 59.8 Å². The Balaban J connectivity index is 1.67. The number of ether oxygens (including phenoxy) is 1. The number of nitrogens with zero attached hydrogens (tertiary/aromatic N) is 2. The number of rotatable bonds is 8. The van der Waals surface area contributed by atoms with Crippen molar-refractivity contribution in [2.75, 3.05) is 19.0 Å². The van der Waals surface area contributed by atoms with Crippen LogP contribution >= 0.6 is 11.8 Å². The summed E-state index contributed by atoms with van der Waals surface area (Å²) in [5.41, 5.74) is 1.84. The van der Waals surface area contributed by atoms with Crippen molar-refractivity contribution in [1.29, 1.82) is 0 Å². The zero-order valence-electron chi connectivity index (χ0n) is 13.2. The fourth-order valence-electron chi connectivity index (χ4n) is 2.42. The van der Waals surface area contributed by atoms with Crippen molar-refractivity contribution in [3.63, 3.8) is 0 Å². The summed E-state index contributed by atoms with van der Waals surface area (Å²) in [6.45, 7) is 0.618. The first kappa shape index (κ1) is 16.8. The molecule has 1 aromatic heterocycles. The highest BCUT2D eigenvalue weighted by atomic mass is 32.2. The monoisotopic (exact) mass is 344 g/mol. The van der Waals surface area contributed by atoms with E-state index in [1.807, 2.05) is 59.2 Å². The Kier molecular flexibility index (Phi) is 5.74. The van der Waals surface area contributed by atoms with Gasteiger partial charge in [0.1, 0.15) is 5.75 Å². The molecule has 5 nitrogen and oxygen atoms in total. The standard InChI is InChI=1S/C18H20N2O3S/c21-13-14(22)12-20-17-9-5-4-8-16(17)19-18(20)24-11-10-23-15-6-2-1-3-7-15/h1-9,14,21-22H,10-13H2/t14-/m1/s1. The van der Waals surface area contributed by atoms with Gasteiger partial charge in [0.2, 0.25) is 0 Å². The average Bonchev–Trinajstić information content (AvgIpc) is 2.97. The Morgan fingerprint density at radius 1 is 1.08 bits per heavy atom. The Bertz CT molecular complexity index is 776. The third kappa shape index (κ3) is 4.08. The second-order valence-corrected chi connectivity index (χ2v) is 6.40. The van der Waals surface area contributed by atoms with E-state index in [0.29, 0.717) is 13.2 Å². The summed E-state index contributed by atoms with van der Waals surface area (Å²) >= 11 is 1.58. The number of hydrogen-bond acceptors (Lipinski definition) is 5. The largest absolute Gasteiger partial charge is 0.493 e. The van der Waals surface area contributed by atoms with Crippen molar-refractivity contribution in [3.8, 4) is 5.75 Å². The van der Waals surface area contributed by atoms with Crippen LogP contribution in [0.25, 0.3) is 11.0 Å². The minimum absolute atomic E-state index is 0.270. The van der Waals surface area contributed by atoms with Crippen molar-refractivity contribution in [3.05, 3.63) is 54.6 Å². The summed E-state index contributed by atoms with van der Waals surface area (Å²) in [4.78, 5) is 4.62. The second kappa shape index (κ2) is 8.19. The molecular weight excluding hydrogens is 324 g/mol. The van der Waals surface area contributed by atoms with Gasteiger partial charge in [0.05, 0.1) is 36.9 Å². The van der Waals surface area contributed by atoms with Gasteiger partial charge >= 0.3 is 0 Å². The van der Waals surface area contributed by atoms with E-state index in [1.54, 1.807) is 11.8 Å². The van der Waals surface area contributed by atoms with Gasteiger partial charge in [-0.2, -0.15) is 0 Å². The van der Waals surface area contributed by atoms with E-state index in [2.05, 4.69) is 4.98 Å². The Morgan fingerprint density at radius 2 is 1.83 bits per heavy atom. The van der Waals surface area contributed by atoms with Gasteiger partial charge in [-0.1, -0.05) is 42.1 Å². The zero-order chi connectivity index (χ0) is 16.8. The maximum absolute atomic E-state index is 9.80. The normalized spacial score (nSPS) is 12.4. The van der Waals surface area contributed by atoms with E-state index >= 15 is 0 Å². The van der Waals surface area contributed by atoms with Crippen LogP contribution in [0.2, 0.25) is 0 Å². The molecule has 1 atom stereocenters. The third-order valence-electron chi connectivity index (χ3n) is 3.55. The molecule has 24 heavy (non-hydrogen) atoms. The number of para-hydroxylation sites is 3. The molecule has 1 heterocycles. The average molecular weight is 344 g/mol. The number of fused-ring (bicyclic) bond motifs is 1. The molecule has 0 unspecified atom stereocenters. The summed E-state index contributed by atoms with van der Waals surface area (Å²) in [6, 6.07) is 17.5. The van der Waals surface area contributed by atoms with Crippen molar-refractivity contribution in [2.45, 2.75) is 17.8 Å². The maximum atomic E-state index is 9.80. The lowest BCUT2D eigenvalue weighted by atomic mass is 10.3. The van der Waals surface area contributed by atoms with Crippen LogP contribution < -0.4 is 4.74 Å². The van der Waals surface area contributed by atoms with Crippen molar-refractivity contribution in [1.82, 2.24) is 9.55 Å². The van der Waals surface area contributed by atoms with E-state index in [1.165, 1.54) is 0 Å². The second-order valence-electron chi connectivity index (χ2n) is 5.34. The molecule has 0 fully saturated rings. The van der Waals surface area contributed by atoms with Gasteiger partial charge in [0.25, 0.3) is 0 Å². The topological polar surface area (TPSA) is 67.5 Å². The Hall–Kier alpha value is -2.02. The molecule has 126 valence electrons. The van der Waals surface area contributed by atoms with E-state index in [0.717, 1.165) is 27.7 Å². The summed E-state index contributed by atoms with van der Waals surface area (Å²) in [7, 11) is 0. The number of aromatic nitrogens is 2. The molecule has 2 N–H and O–H groups in total. The molecule has 0 saturated heterocycles. The van der Waals surface area contributed by atoms with Crippen LogP contribution in [0.4, 0.5) is 0 Å². The highest BCUT2D eigenvalue weighted by Gasteiger charge is 2.14. The Labute approximate surface area is 144 Å². The van der Waals surface area contributed by atoms with Crippen LogP contribution in [0.3, 0.4) is 0 Å². The Morgan fingerprint density at radius 3 is 2.62 bits per heavy atom. The van der Waals surface area contributed by atoms with Crippen LogP contribution in [0, 0.1) is 0 Å². The van der Waals surface area contributed by atoms with E-state index in [9.17, 15) is 5.11 Å². The van der Waals surface area contributed by atoms with Gasteiger partial charge in [-0.25, -0.2) is 4.98 Å². The first-order valence-corrected chi connectivity index (χ1v) is 8.81. The minimum Gasteiger partial charge on any atom is -0.493 e. The minimum atomic E-state index is -0.803. The van der Waals surface area contributed by atoms with Crippen LogP contribution in [0.5, 0.6) is 5.75 Å². The molecule has 0 aliphatic carbocycles. The van der Waals surface area contributed by atoms with Gasteiger partial charge in [-0.3, -0.25) is 0 Å². The number of hydrogen-bond donors (Lipinski definition) is 2. The maximum Gasteiger partial charge on any atom is 0.169 e. The smallest absolute Gasteiger partial charge is 0.169 e. The lowest BCUT2D eigenvalue weighted by Crippen LogP contribution is -2.20. The molecule has 0 saturated carbocycles.